The molecule has 0 saturated heterocycles. The summed E-state index contributed by atoms with van der Waals surface area (Å²) in [6, 6.07) is 0. The van der Waals surface area contributed by atoms with Crippen molar-refractivity contribution in [1.29, 1.82) is 0 Å². The SMILES string of the molecule is C=CCOC(CBr)OCC. The van der Waals surface area contributed by atoms with Crippen molar-refractivity contribution in [3.05, 3.63) is 12.7 Å². The van der Waals surface area contributed by atoms with E-state index in [1.54, 1.807) is 6.08 Å². The van der Waals surface area contributed by atoms with Gasteiger partial charge in [-0.2, -0.15) is 0 Å². The first-order chi connectivity index (χ1) is 4.85. The predicted octanol–water partition coefficient (Wildman–Crippen LogP) is 1.95. The van der Waals surface area contributed by atoms with Gasteiger partial charge < -0.3 is 9.47 Å². The van der Waals surface area contributed by atoms with Crippen LogP contribution in [-0.4, -0.2) is 24.8 Å². The summed E-state index contributed by atoms with van der Waals surface area (Å²) in [6.45, 7) is 6.68. The first-order valence-corrected chi connectivity index (χ1v) is 4.37. The highest BCUT2D eigenvalue weighted by molar-refractivity contribution is 9.09. The molecule has 0 aliphatic heterocycles. The minimum atomic E-state index is -0.136. The highest BCUT2D eigenvalue weighted by Crippen LogP contribution is 1.98. The smallest absolute Gasteiger partial charge is 0.167 e. The van der Waals surface area contributed by atoms with Gasteiger partial charge in [0.15, 0.2) is 6.29 Å². The normalized spacial score (nSPS) is 13.0. The van der Waals surface area contributed by atoms with Crippen LogP contribution >= 0.6 is 15.9 Å². The lowest BCUT2D eigenvalue weighted by atomic mass is 10.6. The van der Waals surface area contributed by atoms with Gasteiger partial charge in [-0.1, -0.05) is 22.0 Å². The fourth-order valence-electron chi connectivity index (χ4n) is 0.498. The largest absolute Gasteiger partial charge is 0.352 e. The van der Waals surface area contributed by atoms with Gasteiger partial charge in [-0.25, -0.2) is 0 Å². The van der Waals surface area contributed by atoms with Crippen molar-refractivity contribution < 1.29 is 9.47 Å². The molecule has 0 heterocycles. The first-order valence-electron chi connectivity index (χ1n) is 3.25. The Hall–Kier alpha value is 0.140. The lowest BCUT2D eigenvalue weighted by molar-refractivity contribution is -0.114. The fourth-order valence-corrected chi connectivity index (χ4v) is 0.872. The van der Waals surface area contributed by atoms with Crippen LogP contribution in [-0.2, 0) is 9.47 Å². The van der Waals surface area contributed by atoms with Gasteiger partial charge in [0.2, 0.25) is 0 Å². The number of ether oxygens (including phenoxy) is 2. The molecule has 60 valence electrons. The number of alkyl halides is 1. The molecule has 0 aliphatic carbocycles. The van der Waals surface area contributed by atoms with Crippen molar-refractivity contribution in [2.45, 2.75) is 13.2 Å². The topological polar surface area (TPSA) is 18.5 Å². The van der Waals surface area contributed by atoms with Gasteiger partial charge in [-0.15, -0.1) is 6.58 Å². The average Bonchev–Trinajstić information content (AvgIpc) is 1.98. The Bertz CT molecular complexity index is 85.7. The third-order valence-corrected chi connectivity index (χ3v) is 1.41. The van der Waals surface area contributed by atoms with E-state index in [4.69, 9.17) is 9.47 Å². The third kappa shape index (κ3) is 4.97. The van der Waals surface area contributed by atoms with Crippen LogP contribution in [0.3, 0.4) is 0 Å². The van der Waals surface area contributed by atoms with Gasteiger partial charge >= 0.3 is 0 Å². The Morgan fingerprint density at radius 1 is 1.60 bits per heavy atom. The number of hydrogen-bond acceptors (Lipinski definition) is 2. The average molecular weight is 209 g/mol. The summed E-state index contributed by atoms with van der Waals surface area (Å²) in [5.41, 5.74) is 0. The molecule has 0 N–H and O–H groups in total. The molecule has 1 unspecified atom stereocenters. The maximum atomic E-state index is 5.19. The van der Waals surface area contributed by atoms with Crippen LogP contribution < -0.4 is 0 Å². The molecule has 0 aromatic rings. The van der Waals surface area contributed by atoms with Crippen molar-refractivity contribution in [3.8, 4) is 0 Å². The van der Waals surface area contributed by atoms with Gasteiger partial charge in [-0.3, -0.25) is 0 Å². The van der Waals surface area contributed by atoms with Gasteiger partial charge in [0, 0.05) is 6.61 Å². The second-order valence-corrected chi connectivity index (χ2v) is 2.31. The lowest BCUT2D eigenvalue weighted by Crippen LogP contribution is -2.18. The van der Waals surface area contributed by atoms with E-state index in [0.29, 0.717) is 18.5 Å². The van der Waals surface area contributed by atoms with Crippen molar-refractivity contribution in [1.82, 2.24) is 0 Å². The van der Waals surface area contributed by atoms with Crippen LogP contribution in [0.4, 0.5) is 0 Å². The lowest BCUT2D eigenvalue weighted by Gasteiger charge is -2.12. The van der Waals surface area contributed by atoms with Crippen LogP contribution in [0.2, 0.25) is 0 Å². The maximum Gasteiger partial charge on any atom is 0.167 e. The zero-order valence-electron chi connectivity index (χ0n) is 6.18. The summed E-state index contributed by atoms with van der Waals surface area (Å²) < 4.78 is 10.4. The van der Waals surface area contributed by atoms with Gasteiger partial charge in [-0.05, 0) is 6.92 Å². The molecule has 0 bridgehead atoms. The van der Waals surface area contributed by atoms with E-state index in [2.05, 4.69) is 22.5 Å². The van der Waals surface area contributed by atoms with Crippen LogP contribution in [0.15, 0.2) is 12.7 Å². The van der Waals surface area contributed by atoms with Crippen molar-refractivity contribution >= 4 is 15.9 Å². The summed E-state index contributed by atoms with van der Waals surface area (Å²) >= 11 is 3.26. The summed E-state index contributed by atoms with van der Waals surface area (Å²) in [4.78, 5) is 0. The highest BCUT2D eigenvalue weighted by atomic mass is 79.9. The molecule has 1 atom stereocenters. The van der Waals surface area contributed by atoms with Crippen molar-refractivity contribution in [2.75, 3.05) is 18.5 Å². The summed E-state index contributed by atoms with van der Waals surface area (Å²) in [5, 5.41) is 0.703. The second kappa shape index (κ2) is 7.25. The maximum absolute atomic E-state index is 5.19. The Balaban J connectivity index is 3.29. The number of rotatable bonds is 6. The molecule has 0 spiro atoms. The van der Waals surface area contributed by atoms with Crippen LogP contribution in [0, 0.1) is 0 Å². The predicted molar refractivity (Wildman–Crippen MR) is 45.4 cm³/mol. The second-order valence-electron chi connectivity index (χ2n) is 1.66. The van der Waals surface area contributed by atoms with E-state index in [1.165, 1.54) is 0 Å². The molecule has 2 nitrogen and oxygen atoms in total. The molecule has 0 aromatic heterocycles. The van der Waals surface area contributed by atoms with Crippen LogP contribution in [0.1, 0.15) is 6.92 Å². The monoisotopic (exact) mass is 208 g/mol. The quantitative estimate of drug-likeness (QED) is 0.378. The van der Waals surface area contributed by atoms with E-state index < -0.39 is 0 Å². The van der Waals surface area contributed by atoms with E-state index >= 15 is 0 Å². The van der Waals surface area contributed by atoms with E-state index in [9.17, 15) is 0 Å². The Kier molecular flexibility index (Phi) is 7.35. The molecular weight excluding hydrogens is 196 g/mol. The minimum Gasteiger partial charge on any atom is -0.352 e. The highest BCUT2D eigenvalue weighted by Gasteiger charge is 2.03. The van der Waals surface area contributed by atoms with Crippen LogP contribution in [0.5, 0.6) is 0 Å². The first kappa shape index (κ1) is 10.1. The molecule has 0 amide bonds. The molecule has 0 aromatic carbocycles. The summed E-state index contributed by atoms with van der Waals surface area (Å²) in [6.07, 6.45) is 1.57. The fraction of sp³-hybridized carbons (Fsp3) is 0.714. The standard InChI is InChI=1S/C7H13BrO2/c1-3-5-10-7(6-8)9-4-2/h3,7H,1,4-6H2,2H3. The Morgan fingerprint density at radius 3 is 2.70 bits per heavy atom. The minimum absolute atomic E-state index is 0.136. The Morgan fingerprint density at radius 2 is 2.30 bits per heavy atom. The molecule has 0 saturated carbocycles. The van der Waals surface area contributed by atoms with Crippen LogP contribution in [0.25, 0.3) is 0 Å². The summed E-state index contributed by atoms with van der Waals surface area (Å²) in [7, 11) is 0. The molecule has 0 radical (unpaired) electrons. The number of hydrogen-bond donors (Lipinski definition) is 0. The van der Waals surface area contributed by atoms with Gasteiger partial charge in [0.1, 0.15) is 0 Å². The molecule has 0 rings (SSSR count). The van der Waals surface area contributed by atoms with Crippen molar-refractivity contribution in [2.24, 2.45) is 0 Å². The molecule has 10 heavy (non-hydrogen) atoms. The van der Waals surface area contributed by atoms with E-state index in [1.807, 2.05) is 6.92 Å². The summed E-state index contributed by atoms with van der Waals surface area (Å²) in [5.74, 6) is 0. The number of halogens is 1. The van der Waals surface area contributed by atoms with E-state index in [-0.39, 0.29) is 6.29 Å². The van der Waals surface area contributed by atoms with Gasteiger partial charge in [0.25, 0.3) is 0 Å². The zero-order chi connectivity index (χ0) is 7.82. The zero-order valence-corrected chi connectivity index (χ0v) is 7.76. The van der Waals surface area contributed by atoms with E-state index in [0.717, 1.165) is 0 Å². The molecule has 0 aliphatic rings. The van der Waals surface area contributed by atoms with Gasteiger partial charge in [0.05, 0.1) is 11.9 Å². The van der Waals surface area contributed by atoms with Crippen molar-refractivity contribution in [3.63, 3.8) is 0 Å². The molecule has 0 fully saturated rings. The molecular formula is C7H13BrO2. The Labute approximate surface area is 70.3 Å². The molecule has 3 heteroatoms. The third-order valence-electron chi connectivity index (χ3n) is 0.879.